The number of aliphatic hydroxyl groups excluding tert-OH is 1. The van der Waals surface area contributed by atoms with E-state index in [0.29, 0.717) is 80.3 Å². The number of ether oxygens (including phenoxy) is 2. The molecule has 1 fully saturated rings. The molecule has 0 aliphatic carbocycles. The second kappa shape index (κ2) is 13.1. The number of hydrogen-bond acceptors (Lipinski definition) is 9. The SMILES string of the molecule is COc1nc(-c2cccc(-c3cccc(Nc4nc(C)cc5cnn(C)c(=O)c45)c3Cl)c2Cl)ccc1CN[C@@H]1CCOC[C@@H]1O. The first-order valence-electron chi connectivity index (χ1n) is 14.5. The van der Waals surface area contributed by atoms with Gasteiger partial charge in [-0.1, -0.05) is 59.6 Å². The quantitative estimate of drug-likeness (QED) is 0.196. The van der Waals surface area contributed by atoms with E-state index in [1.54, 1.807) is 20.4 Å². The molecular weight excluding hydrogens is 615 g/mol. The molecule has 1 saturated heterocycles. The van der Waals surface area contributed by atoms with Crippen LogP contribution in [0.25, 0.3) is 33.2 Å². The van der Waals surface area contributed by atoms with E-state index in [0.717, 1.165) is 17.7 Å². The van der Waals surface area contributed by atoms with E-state index in [4.69, 9.17) is 37.7 Å². The number of nitrogens with one attached hydrogen (secondary N) is 2. The Morgan fingerprint density at radius 3 is 2.60 bits per heavy atom. The Hall–Kier alpha value is -4.06. The minimum atomic E-state index is -0.559. The zero-order chi connectivity index (χ0) is 31.7. The maximum absolute atomic E-state index is 13.0. The number of fused-ring (bicyclic) bond motifs is 1. The monoisotopic (exact) mass is 646 g/mol. The van der Waals surface area contributed by atoms with Crippen LogP contribution in [0, 0.1) is 6.92 Å². The number of methoxy groups -OCH3 is 1. The van der Waals surface area contributed by atoms with Crippen molar-refractivity contribution in [3.05, 3.63) is 92.5 Å². The summed E-state index contributed by atoms with van der Waals surface area (Å²) in [5.74, 6) is 0.857. The lowest BCUT2D eigenvalue weighted by atomic mass is 10.00. The van der Waals surface area contributed by atoms with Gasteiger partial charge in [-0.2, -0.15) is 5.10 Å². The van der Waals surface area contributed by atoms with Crippen molar-refractivity contribution in [3.8, 4) is 28.3 Å². The number of rotatable bonds is 8. The van der Waals surface area contributed by atoms with E-state index in [1.807, 2.05) is 61.5 Å². The lowest BCUT2D eigenvalue weighted by molar-refractivity contribution is -0.0281. The molecule has 0 saturated carbocycles. The van der Waals surface area contributed by atoms with Crippen molar-refractivity contribution in [2.45, 2.75) is 32.0 Å². The Kier molecular flexibility index (Phi) is 9.02. The molecular formula is C33H32Cl2N6O4. The van der Waals surface area contributed by atoms with Gasteiger partial charge in [0.25, 0.3) is 5.56 Å². The second-order valence-electron chi connectivity index (χ2n) is 10.9. The van der Waals surface area contributed by atoms with Crippen LogP contribution in [-0.4, -0.2) is 57.3 Å². The van der Waals surface area contributed by atoms with Crippen molar-refractivity contribution in [1.29, 1.82) is 0 Å². The number of aromatic nitrogens is 4. The minimum absolute atomic E-state index is 0.0629. The third kappa shape index (κ3) is 6.25. The summed E-state index contributed by atoms with van der Waals surface area (Å²) >= 11 is 14.0. The lowest BCUT2D eigenvalue weighted by Crippen LogP contribution is -2.46. The van der Waals surface area contributed by atoms with Gasteiger partial charge in [0.15, 0.2) is 0 Å². The Balaban J connectivity index is 1.32. The highest BCUT2D eigenvalue weighted by Crippen LogP contribution is 2.42. The third-order valence-corrected chi connectivity index (χ3v) is 8.70. The lowest BCUT2D eigenvalue weighted by Gasteiger charge is -2.28. The average molecular weight is 648 g/mol. The van der Waals surface area contributed by atoms with Crippen molar-refractivity contribution in [1.82, 2.24) is 25.1 Å². The molecule has 0 bridgehead atoms. The maximum Gasteiger partial charge on any atom is 0.278 e. The summed E-state index contributed by atoms with van der Waals surface area (Å²) in [5.41, 5.74) is 4.65. The zero-order valence-corrected chi connectivity index (χ0v) is 26.5. The molecule has 6 rings (SSSR count). The predicted molar refractivity (Wildman–Crippen MR) is 177 cm³/mol. The fourth-order valence-corrected chi connectivity index (χ4v) is 6.11. The molecule has 4 heterocycles. The van der Waals surface area contributed by atoms with Gasteiger partial charge >= 0.3 is 0 Å². The molecule has 0 radical (unpaired) electrons. The van der Waals surface area contributed by atoms with E-state index >= 15 is 0 Å². The summed E-state index contributed by atoms with van der Waals surface area (Å²) in [4.78, 5) is 22.3. The van der Waals surface area contributed by atoms with E-state index in [9.17, 15) is 9.90 Å². The smallest absolute Gasteiger partial charge is 0.278 e. The van der Waals surface area contributed by atoms with Crippen LogP contribution in [0.4, 0.5) is 11.5 Å². The van der Waals surface area contributed by atoms with Crippen LogP contribution in [0.3, 0.4) is 0 Å². The minimum Gasteiger partial charge on any atom is -0.481 e. The molecule has 3 aromatic heterocycles. The summed E-state index contributed by atoms with van der Waals surface area (Å²) in [6.07, 6.45) is 1.81. The predicted octanol–water partition coefficient (Wildman–Crippen LogP) is 5.66. The number of aryl methyl sites for hydroxylation is 2. The van der Waals surface area contributed by atoms with Gasteiger partial charge in [0, 0.05) is 59.6 Å². The van der Waals surface area contributed by atoms with Crippen LogP contribution in [0.2, 0.25) is 10.0 Å². The summed E-state index contributed by atoms with van der Waals surface area (Å²) in [7, 11) is 3.18. The van der Waals surface area contributed by atoms with E-state index < -0.39 is 6.10 Å². The number of hydrogen-bond donors (Lipinski definition) is 3. The first kappa shape index (κ1) is 30.9. The summed E-state index contributed by atoms with van der Waals surface area (Å²) < 4.78 is 12.2. The van der Waals surface area contributed by atoms with Gasteiger partial charge in [-0.15, -0.1) is 0 Å². The maximum atomic E-state index is 13.0. The molecule has 2 aromatic carbocycles. The van der Waals surface area contributed by atoms with Gasteiger partial charge in [-0.25, -0.2) is 14.6 Å². The van der Waals surface area contributed by atoms with Crippen LogP contribution in [-0.2, 0) is 18.3 Å². The van der Waals surface area contributed by atoms with Gasteiger partial charge in [0.2, 0.25) is 5.88 Å². The van der Waals surface area contributed by atoms with Gasteiger partial charge in [-0.05, 0) is 31.5 Å². The Morgan fingerprint density at radius 2 is 1.82 bits per heavy atom. The van der Waals surface area contributed by atoms with E-state index in [2.05, 4.69) is 20.7 Å². The first-order valence-corrected chi connectivity index (χ1v) is 15.2. The van der Waals surface area contributed by atoms with Crippen LogP contribution >= 0.6 is 23.2 Å². The molecule has 232 valence electrons. The second-order valence-corrected chi connectivity index (χ2v) is 11.6. The number of pyridine rings is 2. The number of anilines is 2. The van der Waals surface area contributed by atoms with Gasteiger partial charge in [-0.3, -0.25) is 4.79 Å². The molecule has 12 heteroatoms. The molecule has 0 spiro atoms. The summed E-state index contributed by atoms with van der Waals surface area (Å²) in [6, 6.07) is 16.9. The molecule has 1 aliphatic rings. The fraction of sp³-hybridized carbons (Fsp3) is 0.273. The van der Waals surface area contributed by atoms with Crippen molar-refractivity contribution in [2.24, 2.45) is 7.05 Å². The number of benzene rings is 2. The van der Waals surface area contributed by atoms with Crippen LogP contribution < -0.4 is 20.9 Å². The van der Waals surface area contributed by atoms with E-state index in [1.165, 1.54) is 4.68 Å². The number of halogens is 2. The molecule has 2 atom stereocenters. The van der Waals surface area contributed by atoms with Crippen molar-refractivity contribution < 1.29 is 14.6 Å². The van der Waals surface area contributed by atoms with Gasteiger partial charge in [0.05, 0.1) is 52.8 Å². The topological polar surface area (TPSA) is 123 Å². The standard InChI is InChI=1S/C33H32Cl2N6O4/c1-18-14-20-16-37-41(2)33(43)28(20)31(38-18)39-26-9-5-7-22(30(26)35)21-6-4-8-23(29(21)34)24-11-10-19(32(40-24)44-3)15-36-25-12-13-45-17-27(25)42/h4-11,14,16,25,27,36,42H,12-13,15,17H2,1-3H3,(H,38,39)/t25-,27+/m1/s1. The Labute approximate surface area is 270 Å². The molecule has 10 nitrogen and oxygen atoms in total. The Morgan fingerprint density at radius 1 is 1.07 bits per heavy atom. The zero-order valence-electron chi connectivity index (χ0n) is 25.0. The number of aliphatic hydroxyl groups is 1. The fourth-order valence-electron chi connectivity index (χ4n) is 5.51. The highest BCUT2D eigenvalue weighted by molar-refractivity contribution is 6.39. The van der Waals surface area contributed by atoms with Crippen LogP contribution in [0.5, 0.6) is 5.88 Å². The third-order valence-electron chi connectivity index (χ3n) is 7.89. The summed E-state index contributed by atoms with van der Waals surface area (Å²) in [5, 5.41) is 23.0. The van der Waals surface area contributed by atoms with E-state index in [-0.39, 0.29) is 11.6 Å². The molecule has 0 amide bonds. The van der Waals surface area contributed by atoms with Gasteiger partial charge in [0.1, 0.15) is 5.82 Å². The first-order chi connectivity index (χ1) is 21.7. The highest BCUT2D eigenvalue weighted by atomic mass is 35.5. The molecule has 3 N–H and O–H groups in total. The number of nitrogens with zero attached hydrogens (tertiary/aromatic N) is 4. The summed E-state index contributed by atoms with van der Waals surface area (Å²) in [6.45, 7) is 3.27. The molecule has 5 aromatic rings. The normalized spacial score (nSPS) is 16.6. The Bertz CT molecular complexity index is 1950. The van der Waals surface area contributed by atoms with Crippen molar-refractivity contribution in [2.75, 3.05) is 25.6 Å². The highest BCUT2D eigenvalue weighted by Gasteiger charge is 2.24. The van der Waals surface area contributed by atoms with Crippen LogP contribution in [0.15, 0.2) is 65.6 Å². The molecule has 0 unspecified atom stereocenters. The average Bonchev–Trinajstić information content (AvgIpc) is 3.03. The van der Waals surface area contributed by atoms with Crippen molar-refractivity contribution in [3.63, 3.8) is 0 Å². The largest absolute Gasteiger partial charge is 0.481 e. The molecule has 1 aliphatic heterocycles. The van der Waals surface area contributed by atoms with Gasteiger partial charge < -0.3 is 25.2 Å². The van der Waals surface area contributed by atoms with Crippen LogP contribution in [0.1, 0.15) is 17.7 Å². The van der Waals surface area contributed by atoms with Crippen molar-refractivity contribution >= 4 is 45.5 Å². The molecule has 45 heavy (non-hydrogen) atoms.